The lowest BCUT2D eigenvalue weighted by Crippen LogP contribution is -2.40. The SMILES string of the molecule is CC(C)C1C(=O)N(c2ccccc2)C2=Nc3ccccc3CN21. The Balaban J connectivity index is 1.87. The molecule has 1 amide bonds. The zero-order chi connectivity index (χ0) is 16.0. The van der Waals surface area contributed by atoms with E-state index in [-0.39, 0.29) is 17.9 Å². The van der Waals surface area contributed by atoms with Crippen molar-refractivity contribution in [3.8, 4) is 0 Å². The molecule has 2 aliphatic rings. The molecule has 1 unspecified atom stereocenters. The van der Waals surface area contributed by atoms with Crippen molar-refractivity contribution in [2.75, 3.05) is 4.90 Å². The normalized spacial score (nSPS) is 19.7. The molecule has 0 N–H and O–H groups in total. The van der Waals surface area contributed by atoms with Gasteiger partial charge in [0, 0.05) is 6.54 Å². The number of guanidine groups is 1. The first-order valence-electron chi connectivity index (χ1n) is 7.99. The first kappa shape index (κ1) is 14.0. The van der Waals surface area contributed by atoms with Crippen LogP contribution in [0.25, 0.3) is 0 Å². The summed E-state index contributed by atoms with van der Waals surface area (Å²) in [6.45, 7) is 4.91. The van der Waals surface area contributed by atoms with E-state index in [1.807, 2.05) is 48.5 Å². The molecule has 0 aliphatic carbocycles. The molecule has 2 aliphatic heterocycles. The number of anilines is 1. The van der Waals surface area contributed by atoms with Gasteiger partial charge in [0.25, 0.3) is 5.91 Å². The quantitative estimate of drug-likeness (QED) is 0.850. The number of hydrogen-bond acceptors (Lipinski definition) is 3. The molecule has 1 saturated heterocycles. The fourth-order valence-electron chi connectivity index (χ4n) is 3.41. The Morgan fingerprint density at radius 2 is 1.74 bits per heavy atom. The highest BCUT2D eigenvalue weighted by atomic mass is 16.2. The Hall–Kier alpha value is -2.62. The Kier molecular flexibility index (Phi) is 3.18. The van der Waals surface area contributed by atoms with Crippen molar-refractivity contribution in [3.05, 3.63) is 60.2 Å². The molecule has 0 spiro atoms. The smallest absolute Gasteiger partial charge is 0.256 e. The summed E-state index contributed by atoms with van der Waals surface area (Å²) in [6, 6.07) is 17.7. The van der Waals surface area contributed by atoms with Gasteiger partial charge in [-0.25, -0.2) is 9.89 Å². The third-order valence-electron chi connectivity index (χ3n) is 4.46. The molecule has 0 radical (unpaired) electrons. The first-order valence-corrected chi connectivity index (χ1v) is 7.99. The Bertz CT molecular complexity index is 782. The van der Waals surface area contributed by atoms with Gasteiger partial charge in [0.2, 0.25) is 5.96 Å². The second-order valence-electron chi connectivity index (χ2n) is 6.37. The van der Waals surface area contributed by atoms with Gasteiger partial charge >= 0.3 is 0 Å². The predicted octanol–water partition coefficient (Wildman–Crippen LogP) is 3.56. The molecule has 0 aromatic heterocycles. The number of carbonyl (C=O) groups is 1. The van der Waals surface area contributed by atoms with Gasteiger partial charge in [-0.1, -0.05) is 50.2 Å². The average molecular weight is 305 g/mol. The highest BCUT2D eigenvalue weighted by Crippen LogP contribution is 2.36. The van der Waals surface area contributed by atoms with Gasteiger partial charge in [-0.15, -0.1) is 0 Å². The number of rotatable bonds is 2. The topological polar surface area (TPSA) is 35.9 Å². The van der Waals surface area contributed by atoms with E-state index in [9.17, 15) is 4.79 Å². The van der Waals surface area contributed by atoms with E-state index in [0.29, 0.717) is 0 Å². The van der Waals surface area contributed by atoms with Gasteiger partial charge in [0.15, 0.2) is 0 Å². The van der Waals surface area contributed by atoms with Gasteiger partial charge in [-0.05, 0) is 29.7 Å². The van der Waals surface area contributed by atoms with Gasteiger partial charge in [0.1, 0.15) is 6.04 Å². The molecule has 116 valence electrons. The van der Waals surface area contributed by atoms with Gasteiger partial charge < -0.3 is 4.90 Å². The molecule has 2 heterocycles. The zero-order valence-electron chi connectivity index (χ0n) is 13.3. The first-order chi connectivity index (χ1) is 11.2. The number of carbonyl (C=O) groups excluding carboxylic acids is 1. The summed E-state index contributed by atoms with van der Waals surface area (Å²) in [7, 11) is 0. The van der Waals surface area contributed by atoms with Crippen LogP contribution in [-0.2, 0) is 11.3 Å². The minimum Gasteiger partial charge on any atom is -0.325 e. The summed E-state index contributed by atoms with van der Waals surface area (Å²) in [5, 5.41) is 0. The third-order valence-corrected chi connectivity index (χ3v) is 4.46. The van der Waals surface area contributed by atoms with Gasteiger partial charge in [-0.3, -0.25) is 4.79 Å². The Morgan fingerprint density at radius 3 is 2.48 bits per heavy atom. The summed E-state index contributed by atoms with van der Waals surface area (Å²) in [5.74, 6) is 1.09. The highest BCUT2D eigenvalue weighted by Gasteiger charge is 2.46. The molecule has 0 bridgehead atoms. The molecule has 1 fully saturated rings. The van der Waals surface area contributed by atoms with Crippen LogP contribution in [0.2, 0.25) is 0 Å². The van der Waals surface area contributed by atoms with Crippen LogP contribution in [0.15, 0.2) is 59.6 Å². The zero-order valence-corrected chi connectivity index (χ0v) is 13.3. The summed E-state index contributed by atoms with van der Waals surface area (Å²) >= 11 is 0. The summed E-state index contributed by atoms with van der Waals surface area (Å²) in [5.41, 5.74) is 3.00. The van der Waals surface area contributed by atoms with Crippen molar-refractivity contribution >= 4 is 23.2 Å². The van der Waals surface area contributed by atoms with E-state index in [0.717, 1.165) is 23.9 Å². The van der Waals surface area contributed by atoms with Crippen molar-refractivity contribution in [1.82, 2.24) is 4.90 Å². The van der Waals surface area contributed by atoms with Crippen molar-refractivity contribution in [2.45, 2.75) is 26.4 Å². The highest BCUT2D eigenvalue weighted by molar-refractivity contribution is 6.24. The fourth-order valence-corrected chi connectivity index (χ4v) is 3.41. The second-order valence-corrected chi connectivity index (χ2v) is 6.37. The van der Waals surface area contributed by atoms with E-state index in [4.69, 9.17) is 4.99 Å². The molecular formula is C19H19N3O. The standard InChI is InChI=1S/C19H19N3O/c1-13(2)17-18(23)22(15-9-4-3-5-10-15)19-20-16-11-7-6-8-14(16)12-21(17)19/h3-11,13,17H,12H2,1-2H3. The Morgan fingerprint density at radius 1 is 1.04 bits per heavy atom. The van der Waals surface area contributed by atoms with E-state index in [1.54, 1.807) is 4.90 Å². The maximum absolute atomic E-state index is 13.1. The number of amides is 1. The molecule has 4 nitrogen and oxygen atoms in total. The lowest BCUT2D eigenvalue weighted by Gasteiger charge is -2.30. The largest absolute Gasteiger partial charge is 0.325 e. The summed E-state index contributed by atoms with van der Waals surface area (Å²) in [4.78, 5) is 21.8. The monoisotopic (exact) mass is 305 g/mol. The van der Waals surface area contributed by atoms with Crippen LogP contribution in [0.5, 0.6) is 0 Å². The molecule has 23 heavy (non-hydrogen) atoms. The van der Waals surface area contributed by atoms with Gasteiger partial charge in [0.05, 0.1) is 11.4 Å². The summed E-state index contributed by atoms with van der Waals surface area (Å²) < 4.78 is 0. The van der Waals surface area contributed by atoms with Crippen molar-refractivity contribution < 1.29 is 4.79 Å². The number of fused-ring (bicyclic) bond motifs is 2. The number of benzene rings is 2. The minimum atomic E-state index is -0.165. The molecule has 2 aromatic carbocycles. The Labute approximate surface area is 136 Å². The van der Waals surface area contributed by atoms with E-state index < -0.39 is 0 Å². The van der Waals surface area contributed by atoms with E-state index in [2.05, 4.69) is 24.8 Å². The number of nitrogens with zero attached hydrogens (tertiary/aromatic N) is 3. The van der Waals surface area contributed by atoms with Crippen LogP contribution in [0.3, 0.4) is 0 Å². The lowest BCUT2D eigenvalue weighted by atomic mass is 10.0. The van der Waals surface area contributed by atoms with Crippen LogP contribution < -0.4 is 4.90 Å². The van der Waals surface area contributed by atoms with Crippen LogP contribution in [0.1, 0.15) is 19.4 Å². The summed E-state index contributed by atoms with van der Waals surface area (Å²) in [6.07, 6.45) is 0. The molecular weight excluding hydrogens is 286 g/mol. The van der Waals surface area contributed by atoms with Crippen LogP contribution in [0, 0.1) is 5.92 Å². The number of para-hydroxylation sites is 2. The second kappa shape index (κ2) is 5.23. The van der Waals surface area contributed by atoms with E-state index in [1.165, 1.54) is 5.56 Å². The third kappa shape index (κ3) is 2.13. The minimum absolute atomic E-state index is 0.109. The maximum Gasteiger partial charge on any atom is 0.256 e. The molecule has 4 rings (SSSR count). The number of hydrogen-bond donors (Lipinski definition) is 0. The predicted molar refractivity (Wildman–Crippen MR) is 91.6 cm³/mol. The van der Waals surface area contributed by atoms with Crippen molar-refractivity contribution in [1.29, 1.82) is 0 Å². The molecule has 1 atom stereocenters. The van der Waals surface area contributed by atoms with Crippen molar-refractivity contribution in [2.24, 2.45) is 10.9 Å². The van der Waals surface area contributed by atoms with Crippen molar-refractivity contribution in [3.63, 3.8) is 0 Å². The molecule has 4 heteroatoms. The van der Waals surface area contributed by atoms with Crippen LogP contribution in [0.4, 0.5) is 11.4 Å². The fraction of sp³-hybridized carbons (Fsp3) is 0.263. The average Bonchev–Trinajstić information content (AvgIpc) is 2.84. The molecule has 0 saturated carbocycles. The lowest BCUT2D eigenvalue weighted by molar-refractivity contribution is -0.120. The number of aliphatic imine (C=N–C) groups is 1. The van der Waals surface area contributed by atoms with Crippen LogP contribution >= 0.6 is 0 Å². The van der Waals surface area contributed by atoms with Gasteiger partial charge in [-0.2, -0.15) is 0 Å². The van der Waals surface area contributed by atoms with E-state index >= 15 is 0 Å². The van der Waals surface area contributed by atoms with Crippen LogP contribution in [-0.4, -0.2) is 22.8 Å². The maximum atomic E-state index is 13.1. The molecule has 2 aromatic rings.